The van der Waals surface area contributed by atoms with Crippen LogP contribution in [-0.4, -0.2) is 16.9 Å². The maximum absolute atomic E-state index is 12.6. The molecule has 0 aromatic heterocycles. The Kier molecular flexibility index (Phi) is 7.10. The monoisotopic (exact) mass is 467 g/mol. The van der Waals surface area contributed by atoms with Gasteiger partial charge in [-0.25, -0.2) is 0 Å². The third-order valence-corrected chi connectivity index (χ3v) is 4.96. The molecule has 0 aliphatic carbocycles. The third kappa shape index (κ3) is 5.73. The molecule has 0 atom stereocenters. The van der Waals surface area contributed by atoms with Crippen LogP contribution in [0, 0.1) is 0 Å². The number of hydrogen-bond acceptors (Lipinski definition) is 3. The highest BCUT2D eigenvalue weighted by molar-refractivity contribution is 9.10. The Bertz CT molecular complexity index is 1040. The number of thiocarbonyl (C=S) groups is 1. The molecule has 3 aromatic rings. The van der Waals surface area contributed by atoms with Crippen LogP contribution in [0.4, 0.5) is 5.69 Å². The van der Waals surface area contributed by atoms with Crippen LogP contribution in [0.15, 0.2) is 83.3 Å². The quantitative estimate of drug-likeness (QED) is 0.482. The zero-order valence-electron chi connectivity index (χ0n) is 15.3. The first kappa shape index (κ1) is 20.7. The molecule has 0 heterocycles. The first-order chi connectivity index (χ1) is 14.0. The van der Waals surface area contributed by atoms with E-state index in [1.807, 2.05) is 36.4 Å². The van der Waals surface area contributed by atoms with E-state index < -0.39 is 0 Å². The number of rotatable bonds is 5. The Morgan fingerprint density at radius 3 is 2.14 bits per heavy atom. The van der Waals surface area contributed by atoms with Gasteiger partial charge in [-0.05, 0) is 58.0 Å². The Morgan fingerprint density at radius 2 is 1.41 bits per heavy atom. The number of carbonyl (C=O) groups excluding carboxylic acids is 2. The molecular formula is C22H18BrN3O2S. The lowest BCUT2D eigenvalue weighted by Crippen LogP contribution is -2.35. The van der Waals surface area contributed by atoms with Gasteiger partial charge in [-0.15, -0.1) is 0 Å². The summed E-state index contributed by atoms with van der Waals surface area (Å²) in [6.07, 6.45) is 0. The lowest BCUT2D eigenvalue weighted by Gasteiger charge is -2.14. The summed E-state index contributed by atoms with van der Waals surface area (Å²) >= 11 is 8.60. The zero-order chi connectivity index (χ0) is 20.6. The fourth-order valence-corrected chi connectivity index (χ4v) is 3.30. The molecule has 29 heavy (non-hydrogen) atoms. The van der Waals surface area contributed by atoms with E-state index in [0.717, 1.165) is 5.56 Å². The lowest BCUT2D eigenvalue weighted by atomic mass is 10.1. The smallest absolute Gasteiger partial charge is 0.258 e. The van der Waals surface area contributed by atoms with Crippen LogP contribution >= 0.6 is 28.1 Å². The van der Waals surface area contributed by atoms with E-state index in [1.54, 1.807) is 42.5 Å². The first-order valence-electron chi connectivity index (χ1n) is 8.82. The van der Waals surface area contributed by atoms with Crippen LogP contribution in [0.5, 0.6) is 0 Å². The van der Waals surface area contributed by atoms with Crippen molar-refractivity contribution in [2.24, 2.45) is 0 Å². The minimum atomic E-state index is -0.346. The molecule has 0 spiro atoms. The number of para-hydroxylation sites is 1. The molecule has 0 aliphatic heterocycles. The largest absolute Gasteiger partial charge is 0.348 e. The predicted molar refractivity (Wildman–Crippen MR) is 122 cm³/mol. The van der Waals surface area contributed by atoms with Crippen molar-refractivity contribution in [1.82, 2.24) is 10.6 Å². The minimum Gasteiger partial charge on any atom is -0.348 e. The number of amides is 2. The third-order valence-electron chi connectivity index (χ3n) is 4.06. The molecule has 0 saturated heterocycles. The summed E-state index contributed by atoms with van der Waals surface area (Å²) < 4.78 is 0.668. The Labute approximate surface area is 182 Å². The van der Waals surface area contributed by atoms with Crippen LogP contribution < -0.4 is 16.0 Å². The second kappa shape index (κ2) is 9.95. The normalized spacial score (nSPS) is 10.1. The van der Waals surface area contributed by atoms with Gasteiger partial charge < -0.3 is 10.6 Å². The first-order valence-corrected chi connectivity index (χ1v) is 10.0. The molecule has 3 rings (SSSR count). The van der Waals surface area contributed by atoms with Gasteiger partial charge in [0, 0.05) is 11.0 Å². The highest BCUT2D eigenvalue weighted by atomic mass is 79.9. The number of anilines is 1. The van der Waals surface area contributed by atoms with Crippen LogP contribution in [0.25, 0.3) is 0 Å². The van der Waals surface area contributed by atoms with Gasteiger partial charge in [0.05, 0.1) is 16.8 Å². The van der Waals surface area contributed by atoms with Crippen molar-refractivity contribution in [1.29, 1.82) is 0 Å². The molecule has 0 radical (unpaired) electrons. The summed E-state index contributed by atoms with van der Waals surface area (Å²) in [5, 5.41) is 8.56. The molecule has 0 aliphatic rings. The van der Waals surface area contributed by atoms with Gasteiger partial charge in [-0.1, -0.05) is 54.6 Å². The number of nitrogens with one attached hydrogen (secondary N) is 3. The van der Waals surface area contributed by atoms with E-state index in [0.29, 0.717) is 27.8 Å². The van der Waals surface area contributed by atoms with Crippen molar-refractivity contribution < 1.29 is 9.59 Å². The highest BCUT2D eigenvalue weighted by Gasteiger charge is 2.14. The average Bonchev–Trinajstić information content (AvgIpc) is 2.73. The van der Waals surface area contributed by atoms with E-state index in [4.69, 9.17) is 12.2 Å². The Morgan fingerprint density at radius 1 is 0.793 bits per heavy atom. The molecule has 0 saturated carbocycles. The van der Waals surface area contributed by atoms with Crippen molar-refractivity contribution in [3.8, 4) is 0 Å². The van der Waals surface area contributed by atoms with Gasteiger partial charge in [-0.3, -0.25) is 14.9 Å². The van der Waals surface area contributed by atoms with Crippen molar-refractivity contribution in [2.75, 3.05) is 5.32 Å². The molecular weight excluding hydrogens is 450 g/mol. The zero-order valence-corrected chi connectivity index (χ0v) is 17.7. The number of carbonyl (C=O) groups is 2. The molecule has 146 valence electrons. The van der Waals surface area contributed by atoms with Crippen LogP contribution in [-0.2, 0) is 6.54 Å². The number of benzene rings is 3. The Balaban J connectivity index is 1.65. The van der Waals surface area contributed by atoms with Gasteiger partial charge in [0.15, 0.2) is 5.11 Å². The van der Waals surface area contributed by atoms with Gasteiger partial charge in [0.25, 0.3) is 11.8 Å². The number of hydrogen-bond donors (Lipinski definition) is 3. The molecule has 0 fully saturated rings. The van der Waals surface area contributed by atoms with Crippen molar-refractivity contribution in [2.45, 2.75) is 6.54 Å². The standard InChI is InChI=1S/C22H18BrN3O2S/c23-18-12-6-4-10-16(18)21(28)26-22(29)25-19-13-7-5-11-17(19)20(27)24-14-15-8-2-1-3-9-15/h1-13H,14H2,(H,24,27)(H2,25,26,28,29). The van der Waals surface area contributed by atoms with Gasteiger partial charge in [0.1, 0.15) is 0 Å². The van der Waals surface area contributed by atoms with Gasteiger partial charge in [-0.2, -0.15) is 0 Å². The maximum Gasteiger partial charge on any atom is 0.258 e. The molecule has 0 bridgehead atoms. The van der Waals surface area contributed by atoms with Gasteiger partial charge >= 0.3 is 0 Å². The maximum atomic E-state index is 12.6. The SMILES string of the molecule is O=C(NC(=S)Nc1ccccc1C(=O)NCc1ccccc1)c1ccccc1Br. The summed E-state index contributed by atoms with van der Waals surface area (Å²) in [5.41, 5.74) is 2.41. The second-order valence-corrected chi connectivity index (χ2v) is 7.36. The van der Waals surface area contributed by atoms with E-state index in [2.05, 4.69) is 31.9 Å². The molecule has 3 aromatic carbocycles. The predicted octanol–water partition coefficient (Wildman–Crippen LogP) is 4.51. The van der Waals surface area contributed by atoms with E-state index in [1.165, 1.54) is 0 Å². The summed E-state index contributed by atoms with van der Waals surface area (Å²) in [6, 6.07) is 23.7. The second-order valence-electron chi connectivity index (χ2n) is 6.10. The summed E-state index contributed by atoms with van der Waals surface area (Å²) in [7, 11) is 0. The van der Waals surface area contributed by atoms with Crippen LogP contribution in [0.2, 0.25) is 0 Å². The van der Waals surface area contributed by atoms with E-state index in [-0.39, 0.29) is 16.9 Å². The minimum absolute atomic E-state index is 0.106. The molecule has 7 heteroatoms. The summed E-state index contributed by atoms with van der Waals surface area (Å²) in [6.45, 7) is 0.414. The topological polar surface area (TPSA) is 70.2 Å². The molecule has 5 nitrogen and oxygen atoms in total. The van der Waals surface area contributed by atoms with E-state index >= 15 is 0 Å². The van der Waals surface area contributed by atoms with Crippen molar-refractivity contribution >= 4 is 50.8 Å². The molecule has 0 unspecified atom stereocenters. The van der Waals surface area contributed by atoms with Crippen molar-refractivity contribution in [3.63, 3.8) is 0 Å². The van der Waals surface area contributed by atoms with Crippen molar-refractivity contribution in [3.05, 3.63) is 100 Å². The molecule has 3 N–H and O–H groups in total. The lowest BCUT2D eigenvalue weighted by molar-refractivity contribution is 0.0950. The molecule has 2 amide bonds. The highest BCUT2D eigenvalue weighted by Crippen LogP contribution is 2.17. The Hall–Kier alpha value is -3.03. The van der Waals surface area contributed by atoms with Gasteiger partial charge in [0.2, 0.25) is 0 Å². The van der Waals surface area contributed by atoms with E-state index in [9.17, 15) is 9.59 Å². The fraction of sp³-hybridized carbons (Fsp3) is 0.0455. The summed E-state index contributed by atoms with van der Waals surface area (Å²) in [5.74, 6) is -0.585. The van der Waals surface area contributed by atoms with Crippen LogP contribution in [0.3, 0.4) is 0 Å². The van der Waals surface area contributed by atoms with Crippen LogP contribution in [0.1, 0.15) is 26.3 Å². The fourth-order valence-electron chi connectivity index (χ4n) is 2.63. The number of halogens is 1. The summed E-state index contributed by atoms with van der Waals surface area (Å²) in [4.78, 5) is 25.0. The average molecular weight is 468 g/mol.